The molecule has 0 aliphatic rings. The zero-order valence-electron chi connectivity index (χ0n) is 5.74. The minimum absolute atomic E-state index is 0.470. The summed E-state index contributed by atoms with van der Waals surface area (Å²) in [6, 6.07) is 0. The molecule has 0 spiro atoms. The van der Waals surface area contributed by atoms with Crippen LogP contribution < -0.4 is 0 Å². The summed E-state index contributed by atoms with van der Waals surface area (Å²) >= 11 is 9.75. The van der Waals surface area contributed by atoms with Crippen molar-refractivity contribution in [3.63, 3.8) is 0 Å². The van der Waals surface area contributed by atoms with Gasteiger partial charge >= 0.3 is 0 Å². The lowest BCUT2D eigenvalue weighted by atomic mass is 10.3. The van der Waals surface area contributed by atoms with Crippen LogP contribution in [0.25, 0.3) is 6.08 Å². The first-order valence-corrected chi connectivity index (χ1v) is 4.08. The predicted molar refractivity (Wildman–Crippen MR) is 49.9 cm³/mol. The molecule has 11 heavy (non-hydrogen) atoms. The Hall–Kier alpha value is -0.540. The molecule has 58 valence electrons. The van der Waals surface area contributed by atoms with E-state index in [0.29, 0.717) is 10.9 Å². The first-order chi connectivity index (χ1) is 5.34. The predicted octanol–water partition coefficient (Wildman–Crippen LogP) is 2.07. The van der Waals surface area contributed by atoms with E-state index in [2.05, 4.69) is 22.6 Å². The zero-order valence-corrected chi connectivity index (χ0v) is 7.39. The Morgan fingerprint density at radius 3 is 3.09 bits per heavy atom. The van der Waals surface area contributed by atoms with Gasteiger partial charge < -0.3 is 0 Å². The van der Waals surface area contributed by atoms with Crippen molar-refractivity contribution in [1.82, 2.24) is 9.97 Å². The number of aromatic nitrogens is 2. The van der Waals surface area contributed by atoms with Crippen LogP contribution >= 0.6 is 24.2 Å². The Morgan fingerprint density at radius 1 is 1.64 bits per heavy atom. The van der Waals surface area contributed by atoms with Crippen LogP contribution in [0.4, 0.5) is 0 Å². The molecule has 1 aromatic rings. The highest BCUT2D eigenvalue weighted by atomic mass is 35.5. The van der Waals surface area contributed by atoms with E-state index in [1.807, 2.05) is 12.2 Å². The second-order valence-corrected chi connectivity index (χ2v) is 2.58. The average molecular weight is 187 g/mol. The van der Waals surface area contributed by atoms with Crippen LogP contribution in [0.15, 0.2) is 18.6 Å². The van der Waals surface area contributed by atoms with E-state index in [1.165, 1.54) is 6.33 Å². The lowest BCUT2D eigenvalue weighted by molar-refractivity contribution is 1.16. The smallest absolute Gasteiger partial charge is 0.139 e. The van der Waals surface area contributed by atoms with E-state index >= 15 is 0 Å². The summed E-state index contributed by atoms with van der Waals surface area (Å²) in [6.45, 7) is 0. The van der Waals surface area contributed by atoms with Gasteiger partial charge in [-0.05, 0) is 0 Å². The second kappa shape index (κ2) is 4.36. The minimum atomic E-state index is 0.470. The fraction of sp³-hybridized carbons (Fsp3) is 0.143. The van der Waals surface area contributed by atoms with Crippen molar-refractivity contribution >= 4 is 30.3 Å². The number of rotatable bonds is 2. The van der Waals surface area contributed by atoms with Crippen LogP contribution in [-0.2, 0) is 0 Å². The molecule has 1 aromatic heterocycles. The lowest BCUT2D eigenvalue weighted by Gasteiger charge is -1.92. The van der Waals surface area contributed by atoms with Crippen molar-refractivity contribution in [2.45, 2.75) is 0 Å². The topological polar surface area (TPSA) is 25.8 Å². The first kappa shape index (κ1) is 8.56. The normalized spacial score (nSPS) is 10.7. The molecule has 0 N–H and O–H groups in total. The van der Waals surface area contributed by atoms with E-state index in [1.54, 1.807) is 6.20 Å². The average Bonchev–Trinajstić information content (AvgIpc) is 2.03. The van der Waals surface area contributed by atoms with Gasteiger partial charge in [0.2, 0.25) is 0 Å². The molecule has 0 saturated carbocycles. The SMILES string of the molecule is SCC=Cc1cncnc1Cl. The Bertz CT molecular complexity index is 262. The van der Waals surface area contributed by atoms with Gasteiger partial charge in [-0.25, -0.2) is 9.97 Å². The van der Waals surface area contributed by atoms with Gasteiger partial charge in [0, 0.05) is 17.5 Å². The maximum atomic E-state index is 5.73. The molecule has 0 amide bonds. The molecule has 0 atom stereocenters. The maximum Gasteiger partial charge on any atom is 0.139 e. The quantitative estimate of drug-likeness (QED) is 0.565. The summed E-state index contributed by atoms with van der Waals surface area (Å²) in [5.74, 6) is 0.686. The second-order valence-electron chi connectivity index (χ2n) is 1.85. The van der Waals surface area contributed by atoms with E-state index in [4.69, 9.17) is 11.6 Å². The van der Waals surface area contributed by atoms with Gasteiger partial charge in [-0.15, -0.1) is 0 Å². The van der Waals surface area contributed by atoms with Gasteiger partial charge in [0.25, 0.3) is 0 Å². The van der Waals surface area contributed by atoms with Gasteiger partial charge in [0.1, 0.15) is 11.5 Å². The van der Waals surface area contributed by atoms with Gasteiger partial charge in [0.15, 0.2) is 0 Å². The fourth-order valence-corrected chi connectivity index (χ4v) is 0.878. The summed E-state index contributed by atoms with van der Waals surface area (Å²) in [4.78, 5) is 7.64. The van der Waals surface area contributed by atoms with Crippen LogP contribution in [0.3, 0.4) is 0 Å². The third-order valence-corrected chi connectivity index (χ3v) is 1.62. The highest BCUT2D eigenvalue weighted by Gasteiger charge is 1.93. The van der Waals surface area contributed by atoms with E-state index in [-0.39, 0.29) is 0 Å². The first-order valence-electron chi connectivity index (χ1n) is 3.07. The summed E-state index contributed by atoms with van der Waals surface area (Å²) in [5.41, 5.74) is 0.822. The molecule has 2 nitrogen and oxygen atoms in total. The van der Waals surface area contributed by atoms with Crippen molar-refractivity contribution in [2.75, 3.05) is 5.75 Å². The number of halogens is 1. The lowest BCUT2D eigenvalue weighted by Crippen LogP contribution is -1.82. The molecule has 0 saturated heterocycles. The number of thiol groups is 1. The summed E-state index contributed by atoms with van der Waals surface area (Å²) in [7, 11) is 0. The van der Waals surface area contributed by atoms with Crippen molar-refractivity contribution in [1.29, 1.82) is 0 Å². The van der Waals surface area contributed by atoms with Gasteiger partial charge in [0.05, 0.1) is 0 Å². The Labute approximate surface area is 75.7 Å². The van der Waals surface area contributed by atoms with Crippen molar-refractivity contribution < 1.29 is 0 Å². The van der Waals surface area contributed by atoms with Crippen molar-refractivity contribution in [3.05, 3.63) is 29.3 Å². The van der Waals surface area contributed by atoms with Gasteiger partial charge in [-0.3, -0.25) is 0 Å². The third kappa shape index (κ3) is 2.52. The Kier molecular flexibility index (Phi) is 3.39. The molecule has 0 aliphatic carbocycles. The third-order valence-electron chi connectivity index (χ3n) is 1.09. The molecule has 0 aromatic carbocycles. The highest BCUT2D eigenvalue weighted by Crippen LogP contribution is 2.11. The van der Waals surface area contributed by atoms with E-state index < -0.39 is 0 Å². The number of hydrogen-bond acceptors (Lipinski definition) is 3. The molecule has 4 heteroatoms. The molecule has 0 bridgehead atoms. The van der Waals surface area contributed by atoms with Crippen LogP contribution in [-0.4, -0.2) is 15.7 Å². The maximum absolute atomic E-state index is 5.73. The zero-order chi connectivity index (χ0) is 8.10. The Balaban J connectivity index is 2.86. The molecular formula is C7H7ClN2S. The van der Waals surface area contributed by atoms with Crippen LogP contribution in [0.5, 0.6) is 0 Å². The largest absolute Gasteiger partial charge is 0.244 e. The number of hydrogen-bond donors (Lipinski definition) is 1. The Morgan fingerprint density at radius 2 is 2.45 bits per heavy atom. The molecular weight excluding hydrogens is 180 g/mol. The summed E-state index contributed by atoms with van der Waals surface area (Å²) in [5, 5.41) is 0.470. The standard InChI is InChI=1S/C7H7ClN2S/c8-7-6(2-1-3-11)4-9-5-10-7/h1-2,4-5,11H,3H2. The van der Waals surface area contributed by atoms with Crippen LogP contribution in [0.2, 0.25) is 5.15 Å². The fourth-order valence-electron chi connectivity index (χ4n) is 0.617. The van der Waals surface area contributed by atoms with Crippen LogP contribution in [0.1, 0.15) is 5.56 Å². The molecule has 0 radical (unpaired) electrons. The highest BCUT2D eigenvalue weighted by molar-refractivity contribution is 7.80. The van der Waals surface area contributed by atoms with Crippen molar-refractivity contribution in [2.24, 2.45) is 0 Å². The molecule has 0 aliphatic heterocycles. The van der Waals surface area contributed by atoms with Gasteiger partial charge in [-0.1, -0.05) is 23.8 Å². The van der Waals surface area contributed by atoms with Crippen molar-refractivity contribution in [3.8, 4) is 0 Å². The number of nitrogens with zero attached hydrogens (tertiary/aromatic N) is 2. The molecule has 0 unspecified atom stereocenters. The summed E-state index contributed by atoms with van der Waals surface area (Å²) < 4.78 is 0. The molecule has 1 heterocycles. The van der Waals surface area contributed by atoms with E-state index in [0.717, 1.165) is 5.56 Å². The van der Waals surface area contributed by atoms with Gasteiger partial charge in [-0.2, -0.15) is 12.6 Å². The van der Waals surface area contributed by atoms with Crippen LogP contribution in [0, 0.1) is 0 Å². The monoisotopic (exact) mass is 186 g/mol. The summed E-state index contributed by atoms with van der Waals surface area (Å²) in [6.07, 6.45) is 6.80. The minimum Gasteiger partial charge on any atom is -0.244 e. The van der Waals surface area contributed by atoms with E-state index in [9.17, 15) is 0 Å². The molecule has 0 fully saturated rings. The molecule has 1 rings (SSSR count).